The zero-order valence-electron chi connectivity index (χ0n) is 14.4. The van der Waals surface area contributed by atoms with Crippen LogP contribution in [0.2, 0.25) is 5.02 Å². The number of esters is 1. The van der Waals surface area contributed by atoms with Gasteiger partial charge >= 0.3 is 5.97 Å². The van der Waals surface area contributed by atoms with Gasteiger partial charge in [0, 0.05) is 11.6 Å². The molecule has 2 aromatic carbocycles. The van der Waals surface area contributed by atoms with E-state index < -0.39 is 29.0 Å². The predicted molar refractivity (Wildman–Crippen MR) is 98.1 cm³/mol. The third-order valence-corrected chi connectivity index (χ3v) is 3.72. The van der Waals surface area contributed by atoms with Crippen LogP contribution in [0, 0.1) is 21.4 Å². The van der Waals surface area contributed by atoms with Crippen LogP contribution in [0.5, 0.6) is 5.75 Å². The number of nitrogens with one attached hydrogen (secondary N) is 1. The van der Waals surface area contributed by atoms with Gasteiger partial charge in [-0.15, -0.1) is 0 Å². The molecule has 9 nitrogen and oxygen atoms in total. The van der Waals surface area contributed by atoms with Gasteiger partial charge in [-0.3, -0.25) is 19.7 Å². The smallest absolute Gasteiger partial charge is 0.325 e. The van der Waals surface area contributed by atoms with Crippen molar-refractivity contribution >= 4 is 29.2 Å². The fraction of sp³-hybridized carbons (Fsp3) is 0.167. The molecular formula is C18H14ClN3O6. The number of nitro benzene ring substituents is 1. The molecule has 0 aliphatic heterocycles. The van der Waals surface area contributed by atoms with E-state index in [1.54, 1.807) is 24.3 Å². The predicted octanol–water partition coefficient (Wildman–Crippen LogP) is 2.47. The number of halogens is 1. The molecule has 0 aliphatic rings. The molecule has 0 fully saturated rings. The van der Waals surface area contributed by atoms with Crippen LogP contribution in [0.4, 0.5) is 5.69 Å². The van der Waals surface area contributed by atoms with Gasteiger partial charge in [-0.1, -0.05) is 11.6 Å². The molecule has 1 N–H and O–H groups in total. The van der Waals surface area contributed by atoms with Crippen molar-refractivity contribution in [2.24, 2.45) is 0 Å². The van der Waals surface area contributed by atoms with E-state index in [2.05, 4.69) is 5.32 Å². The first kappa shape index (κ1) is 20.7. The summed E-state index contributed by atoms with van der Waals surface area (Å²) in [6, 6.07) is 12.0. The Morgan fingerprint density at radius 2 is 1.89 bits per heavy atom. The number of carbonyl (C=O) groups is 2. The molecule has 0 radical (unpaired) electrons. The summed E-state index contributed by atoms with van der Waals surface area (Å²) >= 11 is 5.68. The van der Waals surface area contributed by atoms with Gasteiger partial charge in [-0.05, 0) is 36.4 Å². The lowest BCUT2D eigenvalue weighted by atomic mass is 10.2. The van der Waals surface area contributed by atoms with Crippen molar-refractivity contribution in [3.8, 4) is 11.8 Å². The highest BCUT2D eigenvalue weighted by atomic mass is 35.5. The van der Waals surface area contributed by atoms with Gasteiger partial charge in [0.2, 0.25) is 0 Å². The highest BCUT2D eigenvalue weighted by Crippen LogP contribution is 2.24. The first-order valence-electron chi connectivity index (χ1n) is 7.91. The molecule has 0 unspecified atom stereocenters. The second kappa shape index (κ2) is 9.89. The number of rotatable bonds is 8. The van der Waals surface area contributed by atoms with Gasteiger partial charge in [0.1, 0.15) is 30.5 Å². The number of ether oxygens (including phenoxy) is 2. The summed E-state index contributed by atoms with van der Waals surface area (Å²) in [6.45, 7) is -0.359. The molecule has 144 valence electrons. The molecule has 0 aliphatic carbocycles. The number of hydrogen-bond donors (Lipinski definition) is 1. The summed E-state index contributed by atoms with van der Waals surface area (Å²) in [5.41, 5.74) is 0.0884. The highest BCUT2D eigenvalue weighted by molar-refractivity contribution is 6.32. The fourth-order valence-corrected chi connectivity index (χ4v) is 2.23. The number of amides is 1. The van der Waals surface area contributed by atoms with Gasteiger partial charge in [-0.2, -0.15) is 5.26 Å². The summed E-state index contributed by atoms with van der Waals surface area (Å²) < 4.78 is 10.3. The Hall–Kier alpha value is -3.64. The first-order valence-corrected chi connectivity index (χ1v) is 8.29. The first-order chi connectivity index (χ1) is 13.4. The number of nitrogens with zero attached hydrogens (tertiary/aromatic N) is 2. The van der Waals surface area contributed by atoms with Crippen LogP contribution >= 0.6 is 11.6 Å². The molecule has 0 spiro atoms. The Kier molecular flexibility index (Phi) is 7.30. The van der Waals surface area contributed by atoms with Crippen molar-refractivity contribution in [3.05, 3.63) is 68.7 Å². The van der Waals surface area contributed by atoms with E-state index in [-0.39, 0.29) is 23.8 Å². The SMILES string of the molecule is N#Cc1ccc(OCCOC(=O)CNC(=O)c2ccc(Cl)c([N+](=O)[O-])c2)cc1. The zero-order valence-corrected chi connectivity index (χ0v) is 15.1. The molecule has 1 amide bonds. The highest BCUT2D eigenvalue weighted by Gasteiger charge is 2.17. The van der Waals surface area contributed by atoms with E-state index in [0.717, 1.165) is 6.07 Å². The lowest BCUT2D eigenvalue weighted by Gasteiger charge is -2.08. The van der Waals surface area contributed by atoms with Crippen molar-refractivity contribution in [2.45, 2.75) is 0 Å². The molecular weight excluding hydrogens is 390 g/mol. The lowest BCUT2D eigenvalue weighted by Crippen LogP contribution is -2.31. The van der Waals surface area contributed by atoms with Crippen molar-refractivity contribution < 1.29 is 24.0 Å². The molecule has 0 bridgehead atoms. The molecule has 0 saturated heterocycles. The lowest BCUT2D eigenvalue weighted by molar-refractivity contribution is -0.384. The largest absolute Gasteiger partial charge is 0.490 e. The van der Waals surface area contributed by atoms with Gasteiger partial charge in [0.05, 0.1) is 16.6 Å². The van der Waals surface area contributed by atoms with Gasteiger partial charge in [0.15, 0.2) is 0 Å². The van der Waals surface area contributed by atoms with E-state index >= 15 is 0 Å². The number of benzene rings is 2. The van der Waals surface area contributed by atoms with Crippen LogP contribution in [-0.4, -0.2) is 36.6 Å². The van der Waals surface area contributed by atoms with Crippen LogP contribution in [0.1, 0.15) is 15.9 Å². The Balaban J connectivity index is 1.73. The van der Waals surface area contributed by atoms with Crippen LogP contribution < -0.4 is 10.1 Å². The second-order valence-corrected chi connectivity index (χ2v) is 5.72. The Morgan fingerprint density at radius 3 is 2.54 bits per heavy atom. The molecule has 0 atom stereocenters. The Morgan fingerprint density at radius 1 is 1.18 bits per heavy atom. The number of nitriles is 1. The maximum absolute atomic E-state index is 12.0. The summed E-state index contributed by atoms with van der Waals surface area (Å²) in [4.78, 5) is 33.7. The second-order valence-electron chi connectivity index (χ2n) is 5.31. The van der Waals surface area contributed by atoms with Gasteiger partial charge < -0.3 is 14.8 Å². The van der Waals surface area contributed by atoms with E-state index in [9.17, 15) is 19.7 Å². The molecule has 10 heteroatoms. The van der Waals surface area contributed by atoms with E-state index in [0.29, 0.717) is 11.3 Å². The zero-order chi connectivity index (χ0) is 20.5. The van der Waals surface area contributed by atoms with E-state index in [4.69, 9.17) is 26.3 Å². The molecule has 0 heterocycles. The van der Waals surface area contributed by atoms with E-state index in [1.807, 2.05) is 6.07 Å². The van der Waals surface area contributed by atoms with Crippen LogP contribution in [-0.2, 0) is 9.53 Å². The number of nitro groups is 1. The Bertz CT molecular complexity index is 924. The molecule has 0 saturated carbocycles. The molecule has 28 heavy (non-hydrogen) atoms. The van der Waals surface area contributed by atoms with Crippen molar-refractivity contribution in [1.29, 1.82) is 5.26 Å². The average Bonchev–Trinajstić information content (AvgIpc) is 2.70. The van der Waals surface area contributed by atoms with Crippen LogP contribution in [0.15, 0.2) is 42.5 Å². The standard InChI is InChI=1S/C18H14ClN3O6/c19-15-6-3-13(9-16(15)22(25)26)18(24)21-11-17(23)28-8-7-27-14-4-1-12(10-20)2-5-14/h1-6,9H,7-8,11H2,(H,21,24). The van der Waals surface area contributed by atoms with Crippen molar-refractivity contribution in [1.82, 2.24) is 5.32 Å². The quantitative estimate of drug-likeness (QED) is 0.310. The molecule has 0 aromatic heterocycles. The van der Waals surface area contributed by atoms with Gasteiger partial charge in [0.25, 0.3) is 11.6 Å². The maximum Gasteiger partial charge on any atom is 0.325 e. The minimum absolute atomic E-state index is 0.00644. The third-order valence-electron chi connectivity index (χ3n) is 3.40. The number of hydrogen-bond acceptors (Lipinski definition) is 7. The van der Waals surface area contributed by atoms with Crippen LogP contribution in [0.3, 0.4) is 0 Å². The summed E-state index contributed by atoms with van der Waals surface area (Å²) in [6.07, 6.45) is 0. The van der Waals surface area contributed by atoms with Gasteiger partial charge in [-0.25, -0.2) is 0 Å². The Labute approximate surface area is 164 Å². The molecule has 2 rings (SSSR count). The monoisotopic (exact) mass is 403 g/mol. The minimum atomic E-state index is -0.707. The van der Waals surface area contributed by atoms with Crippen LogP contribution in [0.25, 0.3) is 0 Å². The third kappa shape index (κ3) is 5.96. The summed E-state index contributed by atoms with van der Waals surface area (Å²) in [5, 5.41) is 21.7. The van der Waals surface area contributed by atoms with Crippen molar-refractivity contribution in [2.75, 3.05) is 19.8 Å². The summed E-state index contributed by atoms with van der Waals surface area (Å²) in [7, 11) is 0. The maximum atomic E-state index is 12.0. The normalized spacial score (nSPS) is 9.86. The molecule has 2 aromatic rings. The van der Waals surface area contributed by atoms with Crippen molar-refractivity contribution in [3.63, 3.8) is 0 Å². The number of carbonyl (C=O) groups excluding carboxylic acids is 2. The summed E-state index contributed by atoms with van der Waals surface area (Å²) in [5.74, 6) is -0.849. The average molecular weight is 404 g/mol. The minimum Gasteiger partial charge on any atom is -0.490 e. The fourth-order valence-electron chi connectivity index (χ4n) is 2.04. The topological polar surface area (TPSA) is 132 Å². The van der Waals surface area contributed by atoms with E-state index in [1.165, 1.54) is 12.1 Å².